The van der Waals surface area contributed by atoms with E-state index in [1.807, 2.05) is 48.5 Å². The molecule has 170 valence electrons. The van der Waals surface area contributed by atoms with Crippen molar-refractivity contribution in [3.8, 4) is 22.5 Å². The quantitative estimate of drug-likeness (QED) is 0.335. The summed E-state index contributed by atoms with van der Waals surface area (Å²) in [5.74, 6) is 0.583. The summed E-state index contributed by atoms with van der Waals surface area (Å²) in [4.78, 5) is 4.16. The van der Waals surface area contributed by atoms with Gasteiger partial charge >= 0.3 is 6.18 Å². The van der Waals surface area contributed by atoms with Crippen LogP contribution in [0.2, 0.25) is 0 Å². The van der Waals surface area contributed by atoms with E-state index in [-0.39, 0.29) is 5.52 Å². The normalized spacial score (nSPS) is 11.6. The Morgan fingerprint density at radius 3 is 2.38 bits per heavy atom. The number of anilines is 1. The first kappa shape index (κ1) is 21.6. The molecule has 0 amide bonds. The van der Waals surface area contributed by atoms with E-state index in [2.05, 4.69) is 30.9 Å². The fourth-order valence-corrected chi connectivity index (χ4v) is 3.97. The number of tetrazole rings is 1. The molecule has 0 fully saturated rings. The number of halogens is 3. The molecule has 2 aromatic heterocycles. The molecule has 0 aliphatic heterocycles. The largest absolute Gasteiger partial charge is 0.418 e. The van der Waals surface area contributed by atoms with Gasteiger partial charge in [0, 0.05) is 28.9 Å². The van der Waals surface area contributed by atoms with Crippen LogP contribution in [0.25, 0.3) is 33.4 Å². The van der Waals surface area contributed by atoms with Crippen LogP contribution < -0.4 is 5.32 Å². The van der Waals surface area contributed by atoms with Crippen LogP contribution in [-0.2, 0) is 12.7 Å². The van der Waals surface area contributed by atoms with Crippen molar-refractivity contribution in [3.63, 3.8) is 0 Å². The van der Waals surface area contributed by atoms with Gasteiger partial charge in [-0.2, -0.15) is 13.2 Å². The number of benzene rings is 3. The highest BCUT2D eigenvalue weighted by Crippen LogP contribution is 2.36. The van der Waals surface area contributed by atoms with Gasteiger partial charge in [-0.3, -0.25) is 4.98 Å². The fourth-order valence-electron chi connectivity index (χ4n) is 3.97. The lowest BCUT2D eigenvalue weighted by molar-refractivity contribution is -0.136. The Morgan fingerprint density at radius 1 is 0.912 bits per heavy atom. The molecule has 3 aromatic carbocycles. The molecule has 6 nitrogen and oxygen atoms in total. The second kappa shape index (κ2) is 8.58. The Hall–Kier alpha value is -4.27. The van der Waals surface area contributed by atoms with Gasteiger partial charge in [-0.25, -0.2) is 5.10 Å². The molecule has 0 saturated carbocycles. The molecular weight excluding hydrogens is 441 g/mol. The topological polar surface area (TPSA) is 79.4 Å². The van der Waals surface area contributed by atoms with E-state index < -0.39 is 11.7 Å². The average molecular weight is 460 g/mol. The van der Waals surface area contributed by atoms with Crippen molar-refractivity contribution in [3.05, 3.63) is 89.6 Å². The smallest absolute Gasteiger partial charge is 0.380 e. The monoisotopic (exact) mass is 460 g/mol. The van der Waals surface area contributed by atoms with Crippen LogP contribution >= 0.6 is 0 Å². The first-order valence-electron chi connectivity index (χ1n) is 10.5. The zero-order chi connectivity index (χ0) is 23.7. The number of pyridine rings is 1. The van der Waals surface area contributed by atoms with E-state index in [9.17, 15) is 13.2 Å². The summed E-state index contributed by atoms with van der Waals surface area (Å²) >= 11 is 0. The van der Waals surface area contributed by atoms with Crippen LogP contribution in [0, 0.1) is 6.92 Å². The number of fused-ring (bicyclic) bond motifs is 1. The molecule has 5 rings (SSSR count). The SMILES string of the molecule is Cc1cc(NCc2ccc(-c3ccccc3-c3nnn[nH]3)cc2)c2cccc(C(F)(F)F)c2n1. The standard InChI is InChI=1S/C25H19F3N6/c1-15-13-22(20-7-4-8-21(23(20)30-15)25(26,27)28)29-14-16-9-11-17(12-10-16)18-5-2-3-6-19(18)24-31-33-34-32-24/h2-13H,14H2,1H3,(H,29,30)(H,31,32,33,34). The van der Waals surface area contributed by atoms with Gasteiger partial charge in [0.15, 0.2) is 5.82 Å². The fraction of sp³-hybridized carbons (Fsp3) is 0.120. The van der Waals surface area contributed by atoms with Gasteiger partial charge in [-0.05, 0) is 46.2 Å². The van der Waals surface area contributed by atoms with Gasteiger partial charge in [0.05, 0.1) is 11.1 Å². The third kappa shape index (κ3) is 4.19. The van der Waals surface area contributed by atoms with E-state index in [1.54, 1.807) is 19.1 Å². The second-order valence-corrected chi connectivity index (χ2v) is 7.86. The predicted molar refractivity (Wildman–Crippen MR) is 124 cm³/mol. The maximum Gasteiger partial charge on any atom is 0.418 e. The molecule has 5 aromatic rings. The van der Waals surface area contributed by atoms with Gasteiger partial charge < -0.3 is 5.32 Å². The van der Waals surface area contributed by atoms with Crippen molar-refractivity contribution in [1.82, 2.24) is 25.6 Å². The summed E-state index contributed by atoms with van der Waals surface area (Å²) in [6, 6.07) is 21.6. The molecule has 9 heteroatoms. The van der Waals surface area contributed by atoms with Crippen molar-refractivity contribution in [2.45, 2.75) is 19.6 Å². The average Bonchev–Trinajstić information content (AvgIpc) is 3.37. The molecule has 2 heterocycles. The molecule has 0 radical (unpaired) electrons. The van der Waals surface area contributed by atoms with Gasteiger partial charge in [-0.1, -0.05) is 60.7 Å². The number of para-hydroxylation sites is 1. The third-order valence-corrected chi connectivity index (χ3v) is 5.55. The van der Waals surface area contributed by atoms with Gasteiger partial charge in [-0.15, -0.1) is 5.10 Å². The molecule has 0 spiro atoms. The van der Waals surface area contributed by atoms with E-state index >= 15 is 0 Å². The van der Waals surface area contributed by atoms with Crippen molar-refractivity contribution in [2.75, 3.05) is 5.32 Å². The summed E-state index contributed by atoms with van der Waals surface area (Å²) in [7, 11) is 0. The molecule has 0 unspecified atom stereocenters. The zero-order valence-corrected chi connectivity index (χ0v) is 18.1. The Kier molecular flexibility index (Phi) is 5.45. The minimum Gasteiger partial charge on any atom is -0.380 e. The minimum absolute atomic E-state index is 0.0497. The van der Waals surface area contributed by atoms with Crippen LogP contribution in [0.1, 0.15) is 16.8 Å². The summed E-state index contributed by atoms with van der Waals surface area (Å²) < 4.78 is 40.4. The Bertz CT molecular complexity index is 1440. The summed E-state index contributed by atoms with van der Waals surface area (Å²) in [6.45, 7) is 2.14. The lowest BCUT2D eigenvalue weighted by atomic mass is 9.98. The molecule has 0 bridgehead atoms. The van der Waals surface area contributed by atoms with Crippen molar-refractivity contribution in [2.24, 2.45) is 0 Å². The van der Waals surface area contributed by atoms with Gasteiger partial charge in [0.2, 0.25) is 0 Å². The number of H-pyrrole nitrogens is 1. The molecule has 0 atom stereocenters. The van der Waals surface area contributed by atoms with E-state index in [0.717, 1.165) is 28.3 Å². The number of nitrogens with zero attached hydrogens (tertiary/aromatic N) is 4. The number of hydrogen-bond donors (Lipinski definition) is 2. The van der Waals surface area contributed by atoms with Crippen LogP contribution in [-0.4, -0.2) is 25.6 Å². The number of aryl methyl sites for hydroxylation is 1. The van der Waals surface area contributed by atoms with Gasteiger partial charge in [0.1, 0.15) is 0 Å². The molecule has 0 aliphatic rings. The zero-order valence-electron chi connectivity index (χ0n) is 18.1. The molecular formula is C25H19F3N6. The first-order valence-corrected chi connectivity index (χ1v) is 10.5. The highest BCUT2D eigenvalue weighted by Gasteiger charge is 2.33. The molecule has 0 aliphatic carbocycles. The Labute approximate surface area is 192 Å². The highest BCUT2D eigenvalue weighted by molar-refractivity contribution is 5.93. The molecule has 34 heavy (non-hydrogen) atoms. The third-order valence-electron chi connectivity index (χ3n) is 5.55. The van der Waals surface area contributed by atoms with Crippen LogP contribution in [0.3, 0.4) is 0 Å². The van der Waals surface area contributed by atoms with Crippen molar-refractivity contribution < 1.29 is 13.2 Å². The predicted octanol–water partition coefficient (Wildman–Crippen LogP) is 6.02. The summed E-state index contributed by atoms with van der Waals surface area (Å²) in [5, 5.41) is 17.8. The van der Waals surface area contributed by atoms with Gasteiger partial charge in [0.25, 0.3) is 0 Å². The number of alkyl halides is 3. The second-order valence-electron chi connectivity index (χ2n) is 7.86. The number of rotatable bonds is 5. The van der Waals surface area contributed by atoms with Crippen molar-refractivity contribution in [1.29, 1.82) is 0 Å². The Balaban J connectivity index is 1.41. The Morgan fingerprint density at radius 2 is 1.68 bits per heavy atom. The minimum atomic E-state index is -4.47. The summed E-state index contributed by atoms with van der Waals surface area (Å²) in [5.41, 5.74) is 4.19. The molecule has 0 saturated heterocycles. The lowest BCUT2D eigenvalue weighted by Gasteiger charge is -2.15. The highest BCUT2D eigenvalue weighted by atomic mass is 19.4. The first-order chi connectivity index (χ1) is 16.4. The lowest BCUT2D eigenvalue weighted by Crippen LogP contribution is -2.08. The van der Waals surface area contributed by atoms with E-state index in [0.29, 0.717) is 29.1 Å². The number of aromatic nitrogens is 5. The van der Waals surface area contributed by atoms with E-state index in [4.69, 9.17) is 0 Å². The maximum atomic E-state index is 13.5. The van der Waals surface area contributed by atoms with Crippen LogP contribution in [0.15, 0.2) is 72.8 Å². The van der Waals surface area contributed by atoms with Crippen molar-refractivity contribution >= 4 is 16.6 Å². The summed E-state index contributed by atoms with van der Waals surface area (Å²) in [6.07, 6.45) is -4.47. The van der Waals surface area contributed by atoms with Crippen LogP contribution in [0.5, 0.6) is 0 Å². The van der Waals surface area contributed by atoms with E-state index in [1.165, 1.54) is 6.07 Å². The number of nitrogens with one attached hydrogen (secondary N) is 2. The number of aromatic amines is 1. The van der Waals surface area contributed by atoms with Crippen LogP contribution in [0.4, 0.5) is 18.9 Å². The number of hydrogen-bond acceptors (Lipinski definition) is 5. The maximum absolute atomic E-state index is 13.5. The molecule has 2 N–H and O–H groups in total.